The predicted molar refractivity (Wildman–Crippen MR) is 72.4 cm³/mol. The Morgan fingerprint density at radius 1 is 1.39 bits per heavy atom. The van der Waals surface area contributed by atoms with Crippen LogP contribution in [0.1, 0.15) is 30.4 Å². The van der Waals surface area contributed by atoms with E-state index in [1.165, 1.54) is 36.9 Å². The first-order valence-corrected chi connectivity index (χ1v) is 6.90. The van der Waals surface area contributed by atoms with Crippen LogP contribution in [-0.2, 0) is 13.1 Å². The van der Waals surface area contributed by atoms with Gasteiger partial charge in [-0.2, -0.15) is 0 Å². The van der Waals surface area contributed by atoms with Crippen LogP contribution in [-0.4, -0.2) is 24.6 Å². The molecular formula is C15H22N2O. The van der Waals surface area contributed by atoms with Crippen molar-refractivity contribution >= 4 is 0 Å². The van der Waals surface area contributed by atoms with E-state index in [2.05, 4.69) is 17.0 Å². The first kappa shape index (κ1) is 12.0. The summed E-state index contributed by atoms with van der Waals surface area (Å²) in [6.07, 6.45) is 4.21. The molecule has 1 heterocycles. The summed E-state index contributed by atoms with van der Waals surface area (Å²) in [5, 5.41) is 0. The molecule has 3 heteroatoms. The number of hydrogen-bond donors (Lipinski definition) is 1. The fourth-order valence-corrected chi connectivity index (χ4v) is 3.52. The number of fused-ring (bicyclic) bond motifs is 2. The van der Waals surface area contributed by atoms with Crippen LogP contribution in [0.5, 0.6) is 5.75 Å². The Hall–Kier alpha value is -1.06. The molecule has 1 saturated carbocycles. The molecule has 2 fully saturated rings. The van der Waals surface area contributed by atoms with Gasteiger partial charge in [0.05, 0.1) is 7.11 Å². The fraction of sp³-hybridized carbons (Fsp3) is 0.600. The summed E-state index contributed by atoms with van der Waals surface area (Å²) < 4.78 is 5.47. The van der Waals surface area contributed by atoms with Crippen LogP contribution in [0.2, 0.25) is 0 Å². The van der Waals surface area contributed by atoms with Gasteiger partial charge in [-0.25, -0.2) is 0 Å². The van der Waals surface area contributed by atoms with Crippen LogP contribution in [0.25, 0.3) is 0 Å². The summed E-state index contributed by atoms with van der Waals surface area (Å²) in [6.45, 7) is 2.88. The molecule has 1 aliphatic carbocycles. The molecule has 3 rings (SSSR count). The zero-order valence-electron chi connectivity index (χ0n) is 11.1. The van der Waals surface area contributed by atoms with Crippen molar-refractivity contribution in [2.75, 3.05) is 13.7 Å². The summed E-state index contributed by atoms with van der Waals surface area (Å²) in [5.41, 5.74) is 8.20. The van der Waals surface area contributed by atoms with Gasteiger partial charge in [0.25, 0.3) is 0 Å². The smallest absolute Gasteiger partial charge is 0.123 e. The molecule has 2 aliphatic rings. The van der Waals surface area contributed by atoms with Crippen LogP contribution >= 0.6 is 0 Å². The number of ether oxygens (including phenoxy) is 1. The Balaban J connectivity index is 1.78. The molecule has 1 aliphatic heterocycles. The minimum Gasteiger partial charge on any atom is -0.496 e. The van der Waals surface area contributed by atoms with Gasteiger partial charge < -0.3 is 10.5 Å². The number of nitrogens with two attached hydrogens (primary N) is 1. The van der Waals surface area contributed by atoms with E-state index in [0.717, 1.165) is 24.3 Å². The lowest BCUT2D eigenvalue weighted by atomic mass is 10.1. The summed E-state index contributed by atoms with van der Waals surface area (Å²) in [5.74, 6) is 1.94. The number of nitrogens with zero attached hydrogens (tertiary/aromatic N) is 1. The molecule has 2 N–H and O–H groups in total. The summed E-state index contributed by atoms with van der Waals surface area (Å²) in [6, 6.07) is 7.11. The maximum atomic E-state index is 5.72. The third-order valence-corrected chi connectivity index (χ3v) is 4.48. The van der Waals surface area contributed by atoms with E-state index < -0.39 is 0 Å². The van der Waals surface area contributed by atoms with Gasteiger partial charge in [-0.15, -0.1) is 0 Å². The molecule has 0 amide bonds. The molecular weight excluding hydrogens is 224 g/mol. The van der Waals surface area contributed by atoms with Gasteiger partial charge in [-0.3, -0.25) is 4.90 Å². The van der Waals surface area contributed by atoms with E-state index in [4.69, 9.17) is 10.5 Å². The third kappa shape index (κ3) is 2.13. The topological polar surface area (TPSA) is 38.5 Å². The molecule has 2 atom stereocenters. The standard InChI is InChI=1S/C15H22N2O/c1-18-15-5-3-11(8-16)6-13(15)10-17-9-12-2-4-14(17)7-12/h3,5-6,12,14H,2,4,7-10,16H2,1H3. The van der Waals surface area contributed by atoms with Gasteiger partial charge in [-0.1, -0.05) is 6.07 Å². The molecule has 0 radical (unpaired) electrons. The number of rotatable bonds is 4. The Kier molecular flexibility index (Phi) is 3.27. The largest absolute Gasteiger partial charge is 0.496 e. The molecule has 0 spiro atoms. The average Bonchev–Trinajstić information content (AvgIpc) is 3.01. The van der Waals surface area contributed by atoms with E-state index in [0.29, 0.717) is 6.54 Å². The molecule has 1 aromatic rings. The van der Waals surface area contributed by atoms with Gasteiger partial charge in [0, 0.05) is 31.2 Å². The fourth-order valence-electron chi connectivity index (χ4n) is 3.52. The minimum absolute atomic E-state index is 0.600. The van der Waals surface area contributed by atoms with Crippen molar-refractivity contribution in [3.63, 3.8) is 0 Å². The van der Waals surface area contributed by atoms with Crippen molar-refractivity contribution in [2.24, 2.45) is 11.7 Å². The highest BCUT2D eigenvalue weighted by molar-refractivity contribution is 5.37. The Morgan fingerprint density at radius 2 is 2.28 bits per heavy atom. The lowest BCUT2D eigenvalue weighted by Crippen LogP contribution is -2.31. The summed E-state index contributed by atoms with van der Waals surface area (Å²) in [4.78, 5) is 2.62. The highest BCUT2D eigenvalue weighted by atomic mass is 16.5. The van der Waals surface area contributed by atoms with Crippen LogP contribution in [0, 0.1) is 5.92 Å². The zero-order valence-corrected chi connectivity index (χ0v) is 11.1. The minimum atomic E-state index is 0.600. The van der Waals surface area contributed by atoms with Crippen LogP contribution in [0.15, 0.2) is 18.2 Å². The first-order valence-electron chi connectivity index (χ1n) is 6.90. The van der Waals surface area contributed by atoms with Crippen molar-refractivity contribution in [1.29, 1.82) is 0 Å². The van der Waals surface area contributed by atoms with Crippen molar-refractivity contribution in [3.8, 4) is 5.75 Å². The van der Waals surface area contributed by atoms with E-state index in [9.17, 15) is 0 Å². The molecule has 18 heavy (non-hydrogen) atoms. The second kappa shape index (κ2) is 4.90. The second-order valence-electron chi connectivity index (χ2n) is 5.61. The Labute approximate surface area is 109 Å². The van der Waals surface area contributed by atoms with Crippen molar-refractivity contribution in [3.05, 3.63) is 29.3 Å². The number of methoxy groups -OCH3 is 1. The van der Waals surface area contributed by atoms with Crippen LogP contribution in [0.3, 0.4) is 0 Å². The lowest BCUT2D eigenvalue weighted by Gasteiger charge is -2.27. The van der Waals surface area contributed by atoms with Gasteiger partial charge in [0.1, 0.15) is 5.75 Å². The Morgan fingerprint density at radius 3 is 2.89 bits per heavy atom. The first-order chi connectivity index (χ1) is 8.80. The molecule has 98 valence electrons. The highest BCUT2D eigenvalue weighted by Crippen LogP contribution is 2.38. The number of likely N-dealkylation sites (tertiary alicyclic amines) is 1. The van der Waals surface area contributed by atoms with E-state index in [-0.39, 0.29) is 0 Å². The predicted octanol–water partition coefficient (Wildman–Crippen LogP) is 2.14. The molecule has 2 bridgehead atoms. The van der Waals surface area contributed by atoms with Crippen LogP contribution < -0.4 is 10.5 Å². The molecule has 1 aromatic carbocycles. The summed E-state index contributed by atoms with van der Waals surface area (Å²) in [7, 11) is 1.75. The normalized spacial score (nSPS) is 26.8. The number of piperidine rings is 1. The van der Waals surface area contributed by atoms with E-state index >= 15 is 0 Å². The molecule has 2 unspecified atom stereocenters. The summed E-state index contributed by atoms with van der Waals surface area (Å²) >= 11 is 0. The Bertz CT molecular complexity index is 433. The molecule has 0 aromatic heterocycles. The SMILES string of the molecule is COc1ccc(CN)cc1CN1CC2CCC1C2. The van der Waals surface area contributed by atoms with Gasteiger partial charge in [0.2, 0.25) is 0 Å². The average molecular weight is 246 g/mol. The number of benzene rings is 1. The lowest BCUT2D eigenvalue weighted by molar-refractivity contribution is 0.203. The maximum absolute atomic E-state index is 5.72. The zero-order chi connectivity index (χ0) is 12.5. The van der Waals surface area contributed by atoms with E-state index in [1.54, 1.807) is 7.11 Å². The monoisotopic (exact) mass is 246 g/mol. The van der Waals surface area contributed by atoms with Crippen molar-refractivity contribution < 1.29 is 4.74 Å². The van der Waals surface area contributed by atoms with E-state index in [1.807, 2.05) is 6.07 Å². The third-order valence-electron chi connectivity index (χ3n) is 4.48. The maximum Gasteiger partial charge on any atom is 0.123 e. The quantitative estimate of drug-likeness (QED) is 0.884. The molecule has 1 saturated heterocycles. The second-order valence-corrected chi connectivity index (χ2v) is 5.61. The van der Waals surface area contributed by atoms with Gasteiger partial charge >= 0.3 is 0 Å². The highest BCUT2D eigenvalue weighted by Gasteiger charge is 2.37. The van der Waals surface area contributed by atoms with Gasteiger partial charge in [0.15, 0.2) is 0 Å². The van der Waals surface area contributed by atoms with Crippen LogP contribution in [0.4, 0.5) is 0 Å². The van der Waals surface area contributed by atoms with Gasteiger partial charge in [-0.05, 0) is 42.9 Å². The van der Waals surface area contributed by atoms with Crippen molar-refractivity contribution in [2.45, 2.75) is 38.4 Å². The van der Waals surface area contributed by atoms with Crippen molar-refractivity contribution in [1.82, 2.24) is 4.90 Å². The number of hydrogen-bond acceptors (Lipinski definition) is 3. The molecule has 3 nitrogen and oxygen atoms in total.